The highest BCUT2D eigenvalue weighted by atomic mass is 19.1. The number of halogens is 1. The second-order valence-corrected chi connectivity index (χ2v) is 11.5. The Kier molecular flexibility index (Phi) is 8.34. The molecule has 6 rings (SSSR count). The summed E-state index contributed by atoms with van der Waals surface area (Å²) in [5.74, 6) is -4.24. The number of cyclic esters (lactones) is 1. The summed E-state index contributed by atoms with van der Waals surface area (Å²) in [7, 11) is 0. The molecular formula is C31H32FN7O9. The van der Waals surface area contributed by atoms with E-state index in [9.17, 15) is 33.9 Å². The minimum Gasteiger partial charge on any atom is -0.486 e. The van der Waals surface area contributed by atoms with Gasteiger partial charge in [-0.25, -0.2) is 14.2 Å². The molecule has 6 N–H and O–H groups in total. The number of ether oxygens (including phenoxy) is 2. The normalized spacial score (nSPS) is 17.4. The zero-order valence-electron chi connectivity index (χ0n) is 26.0. The van der Waals surface area contributed by atoms with Crippen LogP contribution >= 0.6 is 0 Å². The summed E-state index contributed by atoms with van der Waals surface area (Å²) in [5.41, 5.74) is 5.22. The predicted molar refractivity (Wildman–Crippen MR) is 165 cm³/mol. The number of aromatic nitrogens is 2. The molecule has 48 heavy (non-hydrogen) atoms. The van der Waals surface area contributed by atoms with Crippen molar-refractivity contribution in [2.75, 3.05) is 44.2 Å². The first-order chi connectivity index (χ1) is 22.9. The number of anilines is 1. The van der Waals surface area contributed by atoms with Crippen molar-refractivity contribution in [1.82, 2.24) is 25.5 Å². The molecule has 0 radical (unpaired) electrons. The van der Waals surface area contributed by atoms with Gasteiger partial charge in [-0.1, -0.05) is 6.92 Å². The predicted octanol–water partition coefficient (Wildman–Crippen LogP) is -1.44. The molecule has 0 saturated heterocycles. The third kappa shape index (κ3) is 5.29. The Balaban J connectivity index is 1.31. The highest BCUT2D eigenvalue weighted by molar-refractivity contribution is 6.09. The van der Waals surface area contributed by atoms with Crippen LogP contribution < -0.4 is 36.9 Å². The topological polar surface area (TPSA) is 224 Å². The molecule has 1 aromatic carbocycles. The van der Waals surface area contributed by atoms with E-state index in [1.54, 1.807) is 19.9 Å². The summed E-state index contributed by atoms with van der Waals surface area (Å²) in [5, 5.41) is 18.6. The lowest BCUT2D eigenvalue weighted by atomic mass is 9.86. The zero-order chi connectivity index (χ0) is 34.5. The number of nitrogens with zero attached hydrogens (tertiary/aromatic N) is 3. The van der Waals surface area contributed by atoms with E-state index in [1.807, 2.05) is 0 Å². The molecule has 5 heterocycles. The van der Waals surface area contributed by atoms with Crippen LogP contribution in [0.2, 0.25) is 0 Å². The van der Waals surface area contributed by atoms with Crippen molar-refractivity contribution >= 4 is 46.2 Å². The molecule has 252 valence electrons. The van der Waals surface area contributed by atoms with E-state index in [2.05, 4.69) is 16.0 Å². The fourth-order valence-corrected chi connectivity index (χ4v) is 6.22. The van der Waals surface area contributed by atoms with E-state index in [4.69, 9.17) is 20.2 Å². The molecule has 0 aliphatic carbocycles. The Bertz CT molecular complexity index is 2000. The molecule has 0 bridgehead atoms. The first kappa shape index (κ1) is 32.5. The largest absolute Gasteiger partial charge is 0.486 e. The third-order valence-electron chi connectivity index (χ3n) is 8.78. The van der Waals surface area contributed by atoms with Crippen LogP contribution in [0.1, 0.15) is 35.6 Å². The number of pyridine rings is 2. The number of carbonyl (C=O) groups is 5. The second kappa shape index (κ2) is 12.3. The summed E-state index contributed by atoms with van der Waals surface area (Å²) in [6.07, 6.45) is -0.0239. The molecule has 0 unspecified atom stereocenters. The molecule has 0 spiro atoms. The summed E-state index contributed by atoms with van der Waals surface area (Å²) >= 11 is 0. The molecule has 0 saturated carbocycles. The van der Waals surface area contributed by atoms with Gasteiger partial charge in [-0.2, -0.15) is 0 Å². The van der Waals surface area contributed by atoms with Crippen molar-refractivity contribution in [2.24, 2.45) is 5.73 Å². The number of aliphatic hydroxyl groups is 1. The van der Waals surface area contributed by atoms with Crippen LogP contribution in [0.15, 0.2) is 16.9 Å². The Hall–Kier alpha value is -5.42. The highest BCUT2D eigenvalue weighted by Crippen LogP contribution is 2.46. The third-order valence-corrected chi connectivity index (χ3v) is 8.78. The van der Waals surface area contributed by atoms with Crippen molar-refractivity contribution in [3.8, 4) is 17.1 Å². The van der Waals surface area contributed by atoms with E-state index in [0.717, 1.165) is 0 Å². The maximum atomic E-state index is 15.5. The van der Waals surface area contributed by atoms with E-state index in [0.29, 0.717) is 27.9 Å². The quantitative estimate of drug-likeness (QED) is 0.137. The van der Waals surface area contributed by atoms with Gasteiger partial charge in [-0.05, 0) is 25.0 Å². The van der Waals surface area contributed by atoms with Gasteiger partial charge in [0.25, 0.3) is 5.56 Å². The summed E-state index contributed by atoms with van der Waals surface area (Å²) in [6, 6.07) is 2.73. The SMILES string of the molecule is CC[C@@]1(O)C(=O)OCc2c1cc1n(c2=O)Cc2c-1nc1cc(F)c3c(c1c2C)N(C(=O)CNC(=O)CNC(=O)CNC(=O)CN)CCO3. The van der Waals surface area contributed by atoms with Gasteiger partial charge in [0.15, 0.2) is 17.2 Å². The van der Waals surface area contributed by atoms with Gasteiger partial charge < -0.3 is 45.7 Å². The number of nitrogens with one attached hydrogen (secondary N) is 3. The number of fused-ring (bicyclic) bond motifs is 7. The minimum atomic E-state index is -2.01. The maximum absolute atomic E-state index is 15.5. The number of rotatable bonds is 8. The molecule has 0 fully saturated rings. The van der Waals surface area contributed by atoms with E-state index >= 15 is 4.39 Å². The van der Waals surface area contributed by atoms with Gasteiger partial charge in [0.05, 0.1) is 67.4 Å². The van der Waals surface area contributed by atoms with Crippen LogP contribution in [0.25, 0.3) is 22.3 Å². The number of amides is 4. The van der Waals surface area contributed by atoms with Crippen LogP contribution in [-0.4, -0.2) is 83.6 Å². The number of nitrogens with two attached hydrogens (primary N) is 1. The molecule has 17 heteroatoms. The fourth-order valence-electron chi connectivity index (χ4n) is 6.22. The number of hydrogen-bond acceptors (Lipinski definition) is 11. The average molecular weight is 666 g/mol. The van der Waals surface area contributed by atoms with Gasteiger partial charge in [0.1, 0.15) is 13.2 Å². The standard InChI is InChI=1S/C31H32FN7O9/c1-3-31(46)17-6-20-26-15(12-39(20)29(44)16(17)13-48-30(31)45)14(2)25-19(37-26)7-18(32)28-27(25)38(4-5-47-28)24(43)11-36-23(42)10-35-22(41)9-34-21(40)8-33/h6-7,46H,3-5,8-13,33H2,1-2H3,(H,34,40)(H,35,41)(H,36,42)/t31-/m0/s1. The molecule has 3 aromatic rings. The molecule has 3 aliphatic heterocycles. The average Bonchev–Trinajstić information content (AvgIpc) is 3.45. The van der Waals surface area contributed by atoms with Crippen molar-refractivity contribution < 1.29 is 42.9 Å². The van der Waals surface area contributed by atoms with Gasteiger partial charge in [-0.15, -0.1) is 0 Å². The minimum absolute atomic E-state index is 0.0232. The molecule has 2 aromatic heterocycles. The lowest BCUT2D eigenvalue weighted by Gasteiger charge is -2.32. The van der Waals surface area contributed by atoms with Gasteiger partial charge in [-0.3, -0.25) is 24.0 Å². The number of hydrogen-bond donors (Lipinski definition) is 5. The zero-order valence-corrected chi connectivity index (χ0v) is 26.0. The van der Waals surface area contributed by atoms with Gasteiger partial charge in [0, 0.05) is 22.6 Å². The second-order valence-electron chi connectivity index (χ2n) is 11.5. The Labute approximate surface area is 271 Å². The molecule has 16 nitrogen and oxygen atoms in total. The number of benzene rings is 1. The van der Waals surface area contributed by atoms with Crippen molar-refractivity contribution in [2.45, 2.75) is 39.0 Å². The highest BCUT2D eigenvalue weighted by Gasteiger charge is 2.45. The lowest BCUT2D eigenvalue weighted by Crippen LogP contribution is -2.47. The van der Waals surface area contributed by atoms with Crippen molar-refractivity contribution in [1.29, 1.82) is 0 Å². The van der Waals surface area contributed by atoms with E-state index in [1.165, 1.54) is 15.5 Å². The summed E-state index contributed by atoms with van der Waals surface area (Å²) in [4.78, 5) is 81.0. The monoisotopic (exact) mass is 665 g/mol. The Morgan fingerprint density at radius 1 is 1.04 bits per heavy atom. The maximum Gasteiger partial charge on any atom is 0.343 e. The van der Waals surface area contributed by atoms with Crippen LogP contribution in [-0.2, 0) is 47.5 Å². The van der Waals surface area contributed by atoms with Crippen LogP contribution in [0.3, 0.4) is 0 Å². The van der Waals surface area contributed by atoms with E-state index in [-0.39, 0.29) is 73.9 Å². The number of carbonyl (C=O) groups excluding carboxylic acids is 5. The first-order valence-electron chi connectivity index (χ1n) is 15.2. The summed E-state index contributed by atoms with van der Waals surface area (Å²) in [6.45, 7) is 1.54. The van der Waals surface area contributed by atoms with Crippen LogP contribution in [0.5, 0.6) is 5.75 Å². The summed E-state index contributed by atoms with van der Waals surface area (Å²) < 4.78 is 27.8. The Morgan fingerprint density at radius 3 is 2.42 bits per heavy atom. The van der Waals surface area contributed by atoms with Crippen LogP contribution in [0.4, 0.5) is 10.1 Å². The number of esters is 1. The molecule has 1 atom stereocenters. The lowest BCUT2D eigenvalue weighted by molar-refractivity contribution is -0.172. The number of aryl methyl sites for hydroxylation is 1. The van der Waals surface area contributed by atoms with Gasteiger partial charge >= 0.3 is 5.97 Å². The van der Waals surface area contributed by atoms with Crippen molar-refractivity contribution in [3.05, 3.63) is 50.6 Å². The van der Waals surface area contributed by atoms with E-state index < -0.39 is 59.7 Å². The molecule has 4 amide bonds. The molecule has 3 aliphatic rings. The Morgan fingerprint density at radius 2 is 1.73 bits per heavy atom. The first-order valence-corrected chi connectivity index (χ1v) is 15.2. The van der Waals surface area contributed by atoms with Crippen LogP contribution in [0, 0.1) is 12.7 Å². The fraction of sp³-hybridized carbons (Fsp3) is 0.387. The molecular weight excluding hydrogens is 633 g/mol. The van der Waals surface area contributed by atoms with Gasteiger partial charge in [0.2, 0.25) is 23.6 Å². The van der Waals surface area contributed by atoms with Crippen molar-refractivity contribution in [3.63, 3.8) is 0 Å². The smallest absolute Gasteiger partial charge is 0.343 e.